The Labute approximate surface area is 183 Å². The van der Waals surface area contributed by atoms with Crippen LogP contribution in [0.15, 0.2) is 23.0 Å². The lowest BCUT2D eigenvalue weighted by molar-refractivity contribution is 0.0512. The third-order valence-corrected chi connectivity index (χ3v) is 6.32. The number of ether oxygens (including phenoxy) is 1. The second kappa shape index (κ2) is 9.90. The fraction of sp³-hybridized carbons (Fsp3) is 0.591. The van der Waals surface area contributed by atoms with Crippen LogP contribution in [0.25, 0.3) is 10.9 Å². The Hall–Kier alpha value is -1.96. The molecule has 1 aromatic carbocycles. The zero-order valence-corrected chi connectivity index (χ0v) is 18.4. The molecule has 0 spiro atoms. The minimum Gasteiger partial charge on any atom is -0.384 e. The molecule has 1 aromatic heterocycles. The van der Waals surface area contributed by atoms with Crippen LogP contribution in [0.5, 0.6) is 0 Å². The van der Waals surface area contributed by atoms with Crippen LogP contribution in [-0.2, 0) is 17.7 Å². The van der Waals surface area contributed by atoms with Gasteiger partial charge >= 0.3 is 0 Å². The molecule has 7 nitrogen and oxygen atoms in total. The molecule has 3 heterocycles. The van der Waals surface area contributed by atoms with E-state index in [-0.39, 0.29) is 29.3 Å². The lowest BCUT2D eigenvalue weighted by Crippen LogP contribution is -2.47. The number of halogens is 1. The van der Waals surface area contributed by atoms with Crippen LogP contribution >= 0.6 is 12.4 Å². The van der Waals surface area contributed by atoms with Gasteiger partial charge in [-0.05, 0) is 57.0 Å². The molecular formula is C22H31ClN4O3. The average molecular weight is 435 g/mol. The zero-order valence-electron chi connectivity index (χ0n) is 17.5. The van der Waals surface area contributed by atoms with Crippen LogP contribution < -0.4 is 16.2 Å². The highest BCUT2D eigenvalue weighted by molar-refractivity contribution is 5.97. The number of hydrogen-bond acceptors (Lipinski definition) is 5. The van der Waals surface area contributed by atoms with Crippen LogP contribution in [-0.4, -0.2) is 48.8 Å². The van der Waals surface area contributed by atoms with Gasteiger partial charge in [0.2, 0.25) is 0 Å². The van der Waals surface area contributed by atoms with Crippen molar-refractivity contribution in [2.75, 3.05) is 33.4 Å². The van der Waals surface area contributed by atoms with Gasteiger partial charge in [0.25, 0.3) is 11.5 Å². The first-order valence-corrected chi connectivity index (χ1v) is 10.6. The van der Waals surface area contributed by atoms with Crippen molar-refractivity contribution in [2.45, 2.75) is 45.1 Å². The van der Waals surface area contributed by atoms with Gasteiger partial charge in [-0.3, -0.25) is 14.2 Å². The fourth-order valence-corrected chi connectivity index (χ4v) is 4.56. The molecule has 4 rings (SSSR count). The average Bonchev–Trinajstić information content (AvgIpc) is 2.98. The van der Waals surface area contributed by atoms with Gasteiger partial charge in [0, 0.05) is 37.6 Å². The number of aromatic nitrogens is 2. The van der Waals surface area contributed by atoms with Crippen LogP contribution in [0.1, 0.15) is 48.3 Å². The van der Waals surface area contributed by atoms with Crippen LogP contribution in [0.4, 0.5) is 0 Å². The molecule has 0 bridgehead atoms. The van der Waals surface area contributed by atoms with Gasteiger partial charge in [0.05, 0.1) is 17.5 Å². The Morgan fingerprint density at radius 2 is 2.07 bits per heavy atom. The third-order valence-electron chi connectivity index (χ3n) is 6.32. The van der Waals surface area contributed by atoms with Crippen molar-refractivity contribution in [3.05, 3.63) is 39.9 Å². The van der Waals surface area contributed by atoms with E-state index in [4.69, 9.17) is 9.72 Å². The summed E-state index contributed by atoms with van der Waals surface area (Å²) in [5.74, 6) is 0.712. The van der Waals surface area contributed by atoms with E-state index in [0.717, 1.165) is 64.0 Å². The monoisotopic (exact) mass is 434 g/mol. The molecule has 30 heavy (non-hydrogen) atoms. The van der Waals surface area contributed by atoms with Gasteiger partial charge in [-0.15, -0.1) is 12.4 Å². The smallest absolute Gasteiger partial charge is 0.261 e. The van der Waals surface area contributed by atoms with E-state index in [1.165, 1.54) is 0 Å². The molecule has 0 radical (unpaired) electrons. The van der Waals surface area contributed by atoms with E-state index in [9.17, 15) is 9.59 Å². The lowest BCUT2D eigenvalue weighted by Gasteiger charge is -2.37. The van der Waals surface area contributed by atoms with Crippen molar-refractivity contribution in [2.24, 2.45) is 5.41 Å². The van der Waals surface area contributed by atoms with E-state index < -0.39 is 0 Å². The second-order valence-corrected chi connectivity index (χ2v) is 8.39. The largest absolute Gasteiger partial charge is 0.384 e. The molecule has 0 atom stereocenters. The predicted molar refractivity (Wildman–Crippen MR) is 120 cm³/mol. The number of fused-ring (bicyclic) bond motifs is 2. The van der Waals surface area contributed by atoms with E-state index in [2.05, 4.69) is 10.6 Å². The highest BCUT2D eigenvalue weighted by atomic mass is 35.5. The molecule has 164 valence electrons. The number of rotatable bonds is 5. The van der Waals surface area contributed by atoms with Gasteiger partial charge < -0.3 is 15.4 Å². The van der Waals surface area contributed by atoms with E-state index in [0.29, 0.717) is 29.6 Å². The molecule has 0 aliphatic carbocycles. The topological polar surface area (TPSA) is 85.2 Å². The number of hydrogen-bond donors (Lipinski definition) is 2. The number of benzene rings is 1. The molecule has 2 aliphatic rings. The summed E-state index contributed by atoms with van der Waals surface area (Å²) in [5.41, 5.74) is 1.14. The number of nitrogens with zero attached hydrogens (tertiary/aromatic N) is 2. The molecular weight excluding hydrogens is 404 g/mol. The summed E-state index contributed by atoms with van der Waals surface area (Å²) >= 11 is 0. The zero-order chi connectivity index (χ0) is 20.3. The quantitative estimate of drug-likeness (QED) is 0.754. The lowest BCUT2D eigenvalue weighted by atomic mass is 9.79. The molecule has 2 aliphatic heterocycles. The van der Waals surface area contributed by atoms with Crippen molar-refractivity contribution in [1.29, 1.82) is 0 Å². The maximum absolute atomic E-state index is 12.9. The number of aryl methyl sites for hydroxylation is 1. The maximum atomic E-state index is 12.9. The van der Waals surface area contributed by atoms with Gasteiger partial charge in [-0.2, -0.15) is 0 Å². The number of nitrogens with one attached hydrogen (secondary N) is 2. The van der Waals surface area contributed by atoms with E-state index in [1.54, 1.807) is 29.9 Å². The molecule has 0 saturated carbocycles. The second-order valence-electron chi connectivity index (χ2n) is 8.39. The standard InChI is InChI=1S/C22H30N4O3.ClH/c1-29-15-22(8-10-23-11-9-22)14-24-20(27)16-6-7-17-18(13-16)25-19-5-3-2-4-12-26(19)21(17)28;/h6-7,13,23H,2-5,8-12,14-15H2,1H3,(H,24,27);1H. The SMILES string of the molecule is COCC1(CNC(=O)c2ccc3c(=O)n4c(nc3c2)CCCCC4)CCNCC1.Cl. The summed E-state index contributed by atoms with van der Waals surface area (Å²) in [6.07, 6.45) is 5.95. The Morgan fingerprint density at radius 1 is 1.27 bits per heavy atom. The Morgan fingerprint density at radius 3 is 2.83 bits per heavy atom. The van der Waals surface area contributed by atoms with Crippen molar-refractivity contribution >= 4 is 29.2 Å². The Kier molecular flexibility index (Phi) is 7.50. The van der Waals surface area contributed by atoms with Crippen LogP contribution in [0.2, 0.25) is 0 Å². The molecule has 2 aromatic rings. The number of piperidine rings is 1. The summed E-state index contributed by atoms with van der Waals surface area (Å²) in [6.45, 7) is 3.83. The van der Waals surface area contributed by atoms with Crippen LogP contribution in [0, 0.1) is 5.41 Å². The normalized spacial score (nSPS) is 18.2. The minimum atomic E-state index is -0.127. The highest BCUT2D eigenvalue weighted by Crippen LogP contribution is 2.28. The summed E-state index contributed by atoms with van der Waals surface area (Å²) < 4.78 is 7.24. The predicted octanol–water partition coefficient (Wildman–Crippen LogP) is 2.29. The summed E-state index contributed by atoms with van der Waals surface area (Å²) in [4.78, 5) is 30.4. The number of methoxy groups -OCH3 is 1. The van der Waals surface area contributed by atoms with Gasteiger partial charge in [-0.1, -0.05) is 6.42 Å². The number of carbonyl (C=O) groups is 1. The van der Waals surface area contributed by atoms with E-state index >= 15 is 0 Å². The number of carbonyl (C=O) groups excluding carboxylic acids is 1. The summed E-state index contributed by atoms with van der Waals surface area (Å²) in [5, 5.41) is 7.04. The molecule has 1 fully saturated rings. The van der Waals surface area contributed by atoms with Gasteiger partial charge in [-0.25, -0.2) is 4.98 Å². The van der Waals surface area contributed by atoms with Crippen LogP contribution in [0.3, 0.4) is 0 Å². The first-order valence-electron chi connectivity index (χ1n) is 10.6. The van der Waals surface area contributed by atoms with Gasteiger partial charge in [0.15, 0.2) is 0 Å². The summed E-state index contributed by atoms with van der Waals surface area (Å²) in [7, 11) is 1.71. The molecule has 0 unspecified atom stereocenters. The first-order chi connectivity index (χ1) is 14.1. The Balaban J connectivity index is 0.00000256. The first kappa shape index (κ1) is 22.7. The van der Waals surface area contributed by atoms with Crippen molar-refractivity contribution < 1.29 is 9.53 Å². The summed E-state index contributed by atoms with van der Waals surface area (Å²) in [6, 6.07) is 5.23. The van der Waals surface area contributed by atoms with Crippen molar-refractivity contribution in [3.8, 4) is 0 Å². The molecule has 1 amide bonds. The molecule has 8 heteroatoms. The number of amides is 1. The highest BCUT2D eigenvalue weighted by Gasteiger charge is 2.32. The minimum absolute atomic E-state index is 0. The Bertz CT molecular complexity index is 948. The van der Waals surface area contributed by atoms with Crippen molar-refractivity contribution in [1.82, 2.24) is 20.2 Å². The van der Waals surface area contributed by atoms with Gasteiger partial charge in [0.1, 0.15) is 5.82 Å². The maximum Gasteiger partial charge on any atom is 0.261 e. The van der Waals surface area contributed by atoms with E-state index in [1.807, 2.05) is 0 Å². The molecule has 2 N–H and O–H groups in total. The third kappa shape index (κ3) is 4.68. The molecule has 1 saturated heterocycles. The van der Waals surface area contributed by atoms with Crippen molar-refractivity contribution in [3.63, 3.8) is 0 Å². The fourth-order valence-electron chi connectivity index (χ4n) is 4.56.